The normalized spacial score (nSPS) is 43.6. The number of aliphatic hydroxyl groups excluding tert-OH is 1. The predicted molar refractivity (Wildman–Crippen MR) is 140 cm³/mol. The van der Waals surface area contributed by atoms with E-state index in [0.29, 0.717) is 25.7 Å². The molecule has 9 atom stereocenters. The summed E-state index contributed by atoms with van der Waals surface area (Å²) in [5.41, 5.74) is -2.07. The van der Waals surface area contributed by atoms with Gasteiger partial charge >= 0.3 is 11.9 Å². The minimum absolute atomic E-state index is 0.0258. The van der Waals surface area contributed by atoms with Crippen LogP contribution in [0.15, 0.2) is 48.6 Å². The third-order valence-corrected chi connectivity index (χ3v) is 10.6. The predicted octanol–water partition coefficient (Wildman–Crippen LogP) is 3.21. The number of carbonyl (C=O) groups excluding carboxylic acids is 3. The summed E-state index contributed by atoms with van der Waals surface area (Å²) in [4.78, 5) is 39.7. The first kappa shape index (κ1) is 26.4. The molecule has 8 nitrogen and oxygen atoms in total. The topological polar surface area (TPSA) is 119 Å². The summed E-state index contributed by atoms with van der Waals surface area (Å²) in [5.74, 6) is -5.42. The lowest BCUT2D eigenvalue weighted by Crippen LogP contribution is -2.86. The van der Waals surface area contributed by atoms with Gasteiger partial charge in [-0.05, 0) is 54.2 Å². The summed E-state index contributed by atoms with van der Waals surface area (Å²) in [7, 11) is 0. The van der Waals surface area contributed by atoms with Crippen LogP contribution in [0, 0.1) is 34.0 Å². The van der Waals surface area contributed by atoms with Crippen LogP contribution in [0.25, 0.3) is 6.08 Å². The second-order valence-electron chi connectivity index (χ2n) is 12.7. The Balaban J connectivity index is 1.48. The molecule has 7 rings (SSSR count). The number of aliphatic hydroxyl groups is 2. The fourth-order valence-corrected chi connectivity index (χ4v) is 9.28. The van der Waals surface area contributed by atoms with Crippen LogP contribution in [0.5, 0.6) is 0 Å². The number of esters is 2. The second-order valence-corrected chi connectivity index (χ2v) is 12.7. The van der Waals surface area contributed by atoms with Gasteiger partial charge in [0.25, 0.3) is 0 Å². The molecule has 0 aromatic heterocycles. The molecule has 1 aromatic carbocycles. The zero-order valence-corrected chi connectivity index (χ0v) is 22.6. The summed E-state index contributed by atoms with van der Waals surface area (Å²) in [6, 6.07) is 9.28. The van der Waals surface area contributed by atoms with Gasteiger partial charge in [0.2, 0.25) is 5.79 Å². The minimum Gasteiger partial charge on any atom is -0.462 e. The highest BCUT2D eigenvalue weighted by molar-refractivity contribution is 6.05. The van der Waals surface area contributed by atoms with E-state index in [2.05, 4.69) is 6.58 Å². The van der Waals surface area contributed by atoms with Crippen molar-refractivity contribution in [2.24, 2.45) is 34.0 Å². The van der Waals surface area contributed by atoms with Gasteiger partial charge in [0, 0.05) is 30.3 Å². The summed E-state index contributed by atoms with van der Waals surface area (Å²) in [6.45, 7) is 9.51. The average molecular weight is 537 g/mol. The van der Waals surface area contributed by atoms with Gasteiger partial charge in [-0.1, -0.05) is 50.8 Å². The Labute approximate surface area is 228 Å². The van der Waals surface area contributed by atoms with E-state index in [9.17, 15) is 24.6 Å². The number of ketones is 1. The van der Waals surface area contributed by atoms with E-state index in [0.717, 1.165) is 5.56 Å². The molecule has 6 aliphatic rings. The van der Waals surface area contributed by atoms with Crippen LogP contribution in [0.4, 0.5) is 0 Å². The zero-order chi connectivity index (χ0) is 28.0. The Kier molecular flexibility index (Phi) is 5.82. The molecule has 6 fully saturated rings. The van der Waals surface area contributed by atoms with Crippen LogP contribution in [0.3, 0.4) is 0 Å². The molecule has 0 amide bonds. The molecular weight excluding hydrogens is 500 g/mol. The summed E-state index contributed by atoms with van der Waals surface area (Å²) < 4.78 is 18.1. The van der Waals surface area contributed by atoms with Gasteiger partial charge in [-0.3, -0.25) is 9.59 Å². The van der Waals surface area contributed by atoms with Crippen LogP contribution in [-0.4, -0.2) is 58.6 Å². The van der Waals surface area contributed by atoms with Crippen LogP contribution >= 0.6 is 0 Å². The van der Waals surface area contributed by atoms with Crippen molar-refractivity contribution in [3.8, 4) is 0 Å². The first-order chi connectivity index (χ1) is 18.4. The number of carbonyl (C=O) groups is 3. The van der Waals surface area contributed by atoms with E-state index in [1.165, 1.54) is 13.0 Å². The Morgan fingerprint density at radius 2 is 1.85 bits per heavy atom. The highest BCUT2D eigenvalue weighted by atomic mass is 16.7. The van der Waals surface area contributed by atoms with Gasteiger partial charge in [0.1, 0.15) is 23.7 Å². The van der Waals surface area contributed by atoms with Gasteiger partial charge in [-0.25, -0.2) is 4.79 Å². The monoisotopic (exact) mass is 536 g/mol. The van der Waals surface area contributed by atoms with Crippen LogP contribution < -0.4 is 0 Å². The minimum atomic E-state index is -2.29. The molecule has 2 heterocycles. The van der Waals surface area contributed by atoms with Crippen LogP contribution in [-0.2, 0) is 28.6 Å². The second kappa shape index (κ2) is 8.59. The van der Waals surface area contributed by atoms with Gasteiger partial charge in [-0.15, -0.1) is 0 Å². The summed E-state index contributed by atoms with van der Waals surface area (Å²) in [6.07, 6.45) is 2.00. The summed E-state index contributed by atoms with van der Waals surface area (Å²) in [5, 5.41) is 24.3. The Morgan fingerprint density at radius 1 is 1.13 bits per heavy atom. The highest BCUT2D eigenvalue weighted by Crippen LogP contribution is 2.77. The smallest absolute Gasteiger partial charge is 0.331 e. The third kappa shape index (κ3) is 3.25. The van der Waals surface area contributed by atoms with Crippen molar-refractivity contribution in [1.82, 2.24) is 0 Å². The lowest BCUT2D eigenvalue weighted by atomic mass is 9.35. The molecule has 8 heteroatoms. The van der Waals surface area contributed by atoms with Gasteiger partial charge in [0.05, 0.1) is 6.61 Å². The van der Waals surface area contributed by atoms with Crippen molar-refractivity contribution >= 4 is 23.8 Å². The van der Waals surface area contributed by atoms with Crippen molar-refractivity contribution in [2.75, 3.05) is 6.61 Å². The largest absolute Gasteiger partial charge is 0.462 e. The van der Waals surface area contributed by atoms with Gasteiger partial charge < -0.3 is 24.4 Å². The first-order valence-corrected chi connectivity index (χ1v) is 13.8. The number of hydrogen-bond acceptors (Lipinski definition) is 8. The SMILES string of the molecule is C=C1C(=O)[C@]23[C@H](OC(=O)/C=C/c4ccccc4)[C@H]1CC[C@H]2[C@@]12CO[C@@]3(O)[C@@H](O)[C@@H]1C(C)(C)CCC2OC(C)=O. The van der Waals surface area contributed by atoms with Crippen molar-refractivity contribution in [1.29, 1.82) is 0 Å². The van der Waals surface area contributed by atoms with Crippen LogP contribution in [0.1, 0.15) is 52.0 Å². The number of Topliss-reactive ketones (excluding diaryl/α,β-unsaturated/α-hetero) is 1. The molecule has 2 saturated heterocycles. The standard InChI is InChI=1S/C31H36O8/c1-17-20-11-12-21-29-16-37-31(36,26(35)24(29)28(3,4)15-14-22(29)38-18(2)32)30(21,25(17)34)27(20)39-23(33)13-10-19-8-6-5-7-9-19/h5-10,13,20-22,24,26-27,35-36H,1,11-12,14-16H2,2-4H3/b13-10+/t20-,21-,22?,24+,26-,27+,29+,30-,31-/m0/s1. The Bertz CT molecular complexity index is 1270. The molecule has 39 heavy (non-hydrogen) atoms. The maximum atomic E-state index is 14.2. The lowest BCUT2D eigenvalue weighted by molar-refractivity contribution is -0.457. The average Bonchev–Trinajstić information content (AvgIpc) is 3.00. The zero-order valence-electron chi connectivity index (χ0n) is 22.6. The van der Waals surface area contributed by atoms with Crippen LogP contribution in [0.2, 0.25) is 0 Å². The third-order valence-electron chi connectivity index (χ3n) is 10.6. The molecule has 2 aliphatic heterocycles. The van der Waals surface area contributed by atoms with E-state index < -0.39 is 75.8 Å². The molecule has 4 bridgehead atoms. The maximum absolute atomic E-state index is 14.2. The fourth-order valence-electron chi connectivity index (χ4n) is 9.28. The van der Waals surface area contributed by atoms with E-state index in [4.69, 9.17) is 14.2 Å². The summed E-state index contributed by atoms with van der Waals surface area (Å²) >= 11 is 0. The molecule has 4 aliphatic carbocycles. The fraction of sp³-hybridized carbons (Fsp3) is 0.581. The van der Waals surface area contributed by atoms with Crippen molar-refractivity contribution in [3.63, 3.8) is 0 Å². The number of benzene rings is 1. The van der Waals surface area contributed by atoms with E-state index in [-0.39, 0.29) is 12.2 Å². The van der Waals surface area contributed by atoms with Crippen molar-refractivity contribution in [2.45, 2.75) is 70.6 Å². The van der Waals surface area contributed by atoms with Crippen molar-refractivity contribution in [3.05, 3.63) is 54.1 Å². The molecule has 4 saturated carbocycles. The molecule has 1 unspecified atom stereocenters. The van der Waals surface area contributed by atoms with E-state index in [1.807, 2.05) is 44.2 Å². The molecular formula is C31H36O8. The number of ether oxygens (including phenoxy) is 3. The molecule has 2 N–H and O–H groups in total. The first-order valence-electron chi connectivity index (χ1n) is 13.8. The lowest BCUT2D eigenvalue weighted by Gasteiger charge is -2.74. The molecule has 2 spiro atoms. The Hall–Kier alpha value is -2.81. The van der Waals surface area contributed by atoms with Crippen molar-refractivity contribution < 1.29 is 38.8 Å². The highest BCUT2D eigenvalue weighted by Gasteiger charge is 2.88. The quantitative estimate of drug-likeness (QED) is 0.445. The molecule has 0 radical (unpaired) electrons. The Morgan fingerprint density at radius 3 is 2.54 bits per heavy atom. The maximum Gasteiger partial charge on any atom is 0.331 e. The number of rotatable bonds is 4. The molecule has 1 aromatic rings. The number of fused-ring (bicyclic) bond motifs is 2. The molecule has 208 valence electrons. The van der Waals surface area contributed by atoms with E-state index >= 15 is 0 Å². The van der Waals surface area contributed by atoms with E-state index in [1.54, 1.807) is 6.08 Å². The number of hydrogen-bond donors (Lipinski definition) is 2. The van der Waals surface area contributed by atoms with Gasteiger partial charge in [-0.2, -0.15) is 0 Å². The van der Waals surface area contributed by atoms with Gasteiger partial charge in [0.15, 0.2) is 5.78 Å².